The highest BCUT2D eigenvalue weighted by Crippen LogP contribution is 2.10. The van der Waals surface area contributed by atoms with Gasteiger partial charge in [-0.3, -0.25) is 14.8 Å². The molecule has 0 aliphatic heterocycles. The zero-order valence-electron chi connectivity index (χ0n) is 13.4. The molecule has 1 aromatic rings. The van der Waals surface area contributed by atoms with E-state index in [1.165, 1.54) is 0 Å². The van der Waals surface area contributed by atoms with Gasteiger partial charge in [0.15, 0.2) is 0 Å². The Balaban J connectivity index is 2.23. The highest BCUT2D eigenvalue weighted by molar-refractivity contribution is 7.78. The maximum atomic E-state index is 11.8. The SMILES string of the molecule is COc1ccc(/C=N/NN(S)C(=O)CCCCCC(=O)NO)cc1. The number of unbranched alkanes of at least 4 members (excludes halogenated alkanes) is 2. The Bertz CT molecular complexity index is 551. The molecule has 0 aromatic heterocycles. The number of hydrazine groups is 1. The molecule has 0 spiro atoms. The number of hydroxylamine groups is 1. The highest BCUT2D eigenvalue weighted by Gasteiger charge is 2.08. The van der Waals surface area contributed by atoms with E-state index >= 15 is 0 Å². The molecule has 9 heteroatoms. The number of hydrogen-bond donors (Lipinski definition) is 4. The Hall–Kier alpha value is -2.26. The van der Waals surface area contributed by atoms with Gasteiger partial charge >= 0.3 is 0 Å². The number of hydrogen-bond acceptors (Lipinski definition) is 7. The lowest BCUT2D eigenvalue weighted by atomic mass is 10.1. The van der Waals surface area contributed by atoms with Gasteiger partial charge in [0.05, 0.1) is 13.3 Å². The number of carbonyl (C=O) groups is 2. The van der Waals surface area contributed by atoms with Crippen LogP contribution in [0.2, 0.25) is 0 Å². The maximum Gasteiger partial charge on any atom is 0.252 e. The van der Waals surface area contributed by atoms with E-state index in [-0.39, 0.29) is 18.7 Å². The fourth-order valence-electron chi connectivity index (χ4n) is 1.80. The summed E-state index contributed by atoms with van der Waals surface area (Å²) in [5.74, 6) is 0.103. The molecule has 132 valence electrons. The molecule has 0 atom stereocenters. The van der Waals surface area contributed by atoms with Crippen molar-refractivity contribution < 1.29 is 19.5 Å². The summed E-state index contributed by atoms with van der Waals surface area (Å²) in [5, 5.41) is 12.3. The highest BCUT2D eigenvalue weighted by atomic mass is 32.1. The minimum atomic E-state index is -0.424. The third-order valence-corrected chi connectivity index (χ3v) is 3.45. The topological polar surface area (TPSA) is 103 Å². The molecule has 1 aromatic carbocycles. The Morgan fingerprint density at radius 3 is 2.54 bits per heavy atom. The number of carbonyl (C=O) groups excluding carboxylic acids is 2. The number of benzene rings is 1. The summed E-state index contributed by atoms with van der Waals surface area (Å²) in [6, 6.07) is 7.28. The zero-order chi connectivity index (χ0) is 17.8. The summed E-state index contributed by atoms with van der Waals surface area (Å²) < 4.78 is 6.07. The number of thiol groups is 1. The molecule has 0 fully saturated rings. The molecule has 0 heterocycles. The molecule has 1 rings (SSSR count). The van der Waals surface area contributed by atoms with Crippen LogP contribution in [0.1, 0.15) is 37.7 Å². The van der Waals surface area contributed by atoms with E-state index in [9.17, 15) is 9.59 Å². The Morgan fingerprint density at radius 2 is 1.92 bits per heavy atom. The van der Waals surface area contributed by atoms with Gasteiger partial charge in [-0.1, -0.05) is 6.42 Å². The van der Waals surface area contributed by atoms with Crippen molar-refractivity contribution >= 4 is 30.8 Å². The number of amides is 2. The van der Waals surface area contributed by atoms with Crippen LogP contribution >= 0.6 is 12.8 Å². The first-order valence-electron chi connectivity index (χ1n) is 7.44. The predicted octanol–water partition coefficient (Wildman–Crippen LogP) is 1.66. The summed E-state index contributed by atoms with van der Waals surface area (Å²) in [7, 11) is 1.59. The molecule has 0 bridgehead atoms. The average molecular weight is 354 g/mol. The molecule has 0 aliphatic rings. The van der Waals surface area contributed by atoms with Gasteiger partial charge in [0, 0.05) is 12.8 Å². The predicted molar refractivity (Wildman–Crippen MR) is 92.6 cm³/mol. The third-order valence-electron chi connectivity index (χ3n) is 3.14. The van der Waals surface area contributed by atoms with Gasteiger partial charge in [0.2, 0.25) is 5.91 Å². The van der Waals surface area contributed by atoms with Gasteiger partial charge in [0.1, 0.15) is 5.75 Å². The van der Waals surface area contributed by atoms with Crippen molar-refractivity contribution in [2.45, 2.75) is 32.1 Å². The van der Waals surface area contributed by atoms with Gasteiger partial charge < -0.3 is 4.74 Å². The monoisotopic (exact) mass is 354 g/mol. The van der Waals surface area contributed by atoms with Crippen LogP contribution in [0.3, 0.4) is 0 Å². The van der Waals surface area contributed by atoms with Gasteiger partial charge in [0.25, 0.3) is 5.91 Å². The number of methoxy groups -OCH3 is 1. The Labute approximate surface area is 146 Å². The maximum absolute atomic E-state index is 11.8. The average Bonchev–Trinajstić information content (AvgIpc) is 2.61. The summed E-state index contributed by atoms with van der Waals surface area (Å²) in [6.07, 6.45) is 4.02. The van der Waals surface area contributed by atoms with Crippen LogP contribution in [0.15, 0.2) is 29.4 Å². The number of hydrazone groups is 1. The van der Waals surface area contributed by atoms with Crippen molar-refractivity contribution in [1.29, 1.82) is 0 Å². The lowest BCUT2D eigenvalue weighted by Gasteiger charge is -2.13. The molecule has 3 N–H and O–H groups in total. The van der Waals surface area contributed by atoms with Crippen molar-refractivity contribution in [3.05, 3.63) is 29.8 Å². The Kier molecular flexibility index (Phi) is 9.32. The van der Waals surface area contributed by atoms with Crippen LogP contribution in [0.4, 0.5) is 0 Å². The minimum absolute atomic E-state index is 0.225. The first kappa shape index (κ1) is 19.8. The van der Waals surface area contributed by atoms with E-state index in [2.05, 4.69) is 23.5 Å². The molecular formula is C15H22N4O4S. The zero-order valence-corrected chi connectivity index (χ0v) is 14.3. The molecular weight excluding hydrogens is 332 g/mol. The molecule has 0 saturated heterocycles. The molecule has 2 amide bonds. The number of rotatable bonds is 10. The van der Waals surface area contributed by atoms with Crippen molar-refractivity contribution in [1.82, 2.24) is 15.4 Å². The van der Waals surface area contributed by atoms with Crippen LogP contribution in [0.5, 0.6) is 5.75 Å². The van der Waals surface area contributed by atoms with Crippen molar-refractivity contribution in [3.8, 4) is 5.75 Å². The second kappa shape index (κ2) is 11.3. The molecule has 0 unspecified atom stereocenters. The summed E-state index contributed by atoms with van der Waals surface area (Å²) in [5.41, 5.74) is 4.93. The number of ether oxygens (including phenoxy) is 1. The number of nitrogens with one attached hydrogen (secondary N) is 2. The second-order valence-corrected chi connectivity index (χ2v) is 5.33. The second-order valence-electron chi connectivity index (χ2n) is 4.93. The Morgan fingerprint density at radius 1 is 1.25 bits per heavy atom. The molecule has 24 heavy (non-hydrogen) atoms. The fraction of sp³-hybridized carbons (Fsp3) is 0.400. The van der Waals surface area contributed by atoms with E-state index in [1.807, 2.05) is 24.3 Å². The quantitative estimate of drug-likeness (QED) is 0.168. The van der Waals surface area contributed by atoms with Crippen LogP contribution in [-0.2, 0) is 9.59 Å². The van der Waals surface area contributed by atoms with E-state index in [4.69, 9.17) is 9.94 Å². The van der Waals surface area contributed by atoms with E-state index in [1.54, 1.807) is 18.8 Å². The third kappa shape index (κ3) is 7.84. The van der Waals surface area contributed by atoms with Gasteiger partial charge in [-0.25, -0.2) is 11.0 Å². The van der Waals surface area contributed by atoms with Crippen LogP contribution in [0, 0.1) is 0 Å². The van der Waals surface area contributed by atoms with E-state index in [0.29, 0.717) is 19.3 Å². The van der Waals surface area contributed by atoms with Gasteiger partial charge in [-0.2, -0.15) is 9.52 Å². The molecule has 0 saturated carbocycles. The van der Waals surface area contributed by atoms with Crippen molar-refractivity contribution in [2.75, 3.05) is 7.11 Å². The minimum Gasteiger partial charge on any atom is -0.497 e. The van der Waals surface area contributed by atoms with E-state index < -0.39 is 5.91 Å². The lowest BCUT2D eigenvalue weighted by Crippen LogP contribution is -2.31. The van der Waals surface area contributed by atoms with Gasteiger partial charge in [-0.05, 0) is 55.5 Å². The smallest absolute Gasteiger partial charge is 0.252 e. The first-order chi connectivity index (χ1) is 11.6. The van der Waals surface area contributed by atoms with Crippen molar-refractivity contribution in [2.24, 2.45) is 5.10 Å². The lowest BCUT2D eigenvalue weighted by molar-refractivity contribution is -0.129. The van der Waals surface area contributed by atoms with Crippen LogP contribution in [0.25, 0.3) is 0 Å². The standard InChI is InChI=1S/C15H22N4O4S/c1-23-13-9-7-12(8-10-13)11-16-18-19(24)15(21)6-4-2-3-5-14(20)17-22/h7-11,18,22,24H,2-6H2,1H3,(H,17,20)/b16-11+. The fourth-order valence-corrected chi connectivity index (χ4v) is 1.96. The molecule has 0 aliphatic carbocycles. The summed E-state index contributed by atoms with van der Waals surface area (Å²) >= 11 is 4.02. The normalized spacial score (nSPS) is 10.5. The van der Waals surface area contributed by atoms with Crippen LogP contribution in [-0.4, -0.2) is 34.8 Å². The summed E-state index contributed by atoms with van der Waals surface area (Å²) in [4.78, 5) is 22.6. The summed E-state index contributed by atoms with van der Waals surface area (Å²) in [6.45, 7) is 0. The van der Waals surface area contributed by atoms with Crippen molar-refractivity contribution in [3.63, 3.8) is 0 Å². The van der Waals surface area contributed by atoms with Crippen LogP contribution < -0.4 is 15.8 Å². The number of nitrogens with zero attached hydrogens (tertiary/aromatic N) is 2. The molecule has 0 radical (unpaired) electrons. The molecule has 8 nitrogen and oxygen atoms in total. The van der Waals surface area contributed by atoms with Gasteiger partial charge in [-0.15, -0.1) is 0 Å². The van der Waals surface area contributed by atoms with E-state index in [0.717, 1.165) is 15.7 Å². The first-order valence-corrected chi connectivity index (χ1v) is 7.84. The largest absolute Gasteiger partial charge is 0.497 e.